The molecular weight excluding hydrogens is 448 g/mol. The largest absolute Gasteiger partial charge is 0.378 e. The molecule has 0 bridgehead atoms. The summed E-state index contributed by atoms with van der Waals surface area (Å²) >= 11 is 1.65. The number of anilines is 2. The Hall–Kier alpha value is -3.04. The highest BCUT2D eigenvalue weighted by Crippen LogP contribution is 2.26. The van der Waals surface area contributed by atoms with Crippen molar-refractivity contribution in [3.05, 3.63) is 46.4 Å². The summed E-state index contributed by atoms with van der Waals surface area (Å²) in [5, 5.41) is 14.2. The molecule has 34 heavy (non-hydrogen) atoms. The number of unbranched alkanes of at least 4 members (excludes halogenated alkanes) is 2. The molecule has 0 aliphatic carbocycles. The molecule has 4 heterocycles. The predicted octanol–water partition coefficient (Wildman–Crippen LogP) is 4.27. The number of morpholine rings is 1. The van der Waals surface area contributed by atoms with Crippen LogP contribution in [-0.4, -0.2) is 58.2 Å². The number of hydrogen-bond donors (Lipinski definition) is 1. The lowest BCUT2D eigenvalue weighted by Gasteiger charge is -2.29. The smallest absolute Gasteiger partial charge is 0.204 e. The predicted molar refractivity (Wildman–Crippen MR) is 136 cm³/mol. The number of benzene rings is 1. The molecule has 1 fully saturated rings. The van der Waals surface area contributed by atoms with Crippen molar-refractivity contribution in [2.24, 2.45) is 0 Å². The minimum absolute atomic E-state index is 0.323. The molecule has 4 aromatic rings. The van der Waals surface area contributed by atoms with E-state index < -0.39 is 0 Å². The molecule has 0 saturated carbocycles. The van der Waals surface area contributed by atoms with E-state index in [-0.39, 0.29) is 0 Å². The van der Waals surface area contributed by atoms with Crippen LogP contribution in [0.3, 0.4) is 0 Å². The number of hydrogen-bond acceptors (Lipinski definition) is 8. The van der Waals surface area contributed by atoms with Gasteiger partial charge in [-0.3, -0.25) is 9.20 Å². The maximum Gasteiger partial charge on any atom is 0.204 e. The van der Waals surface area contributed by atoms with E-state index in [1.165, 1.54) is 0 Å². The van der Waals surface area contributed by atoms with E-state index in [0.29, 0.717) is 18.6 Å². The number of rotatable bonds is 10. The first-order valence-electron chi connectivity index (χ1n) is 12.0. The standard InChI is InChI=1S/C25H30N6O2S/c1-18-28-29-25-24(26-10-4-2-3-6-20(32)17-21-7-5-15-34-21)27-22-16-19(8-9-23(22)31(18)25)30-11-13-33-14-12-30/h5,7-9,15-16H,2-4,6,10-14,17H2,1H3,(H,26,27). The number of fused-ring (bicyclic) bond motifs is 3. The van der Waals surface area contributed by atoms with Gasteiger partial charge < -0.3 is 15.0 Å². The van der Waals surface area contributed by atoms with Crippen molar-refractivity contribution in [2.45, 2.75) is 39.0 Å². The van der Waals surface area contributed by atoms with Gasteiger partial charge in [0.05, 0.1) is 24.2 Å². The topological polar surface area (TPSA) is 84.7 Å². The van der Waals surface area contributed by atoms with Gasteiger partial charge in [0, 0.05) is 43.0 Å². The third-order valence-electron chi connectivity index (χ3n) is 6.22. The maximum absolute atomic E-state index is 12.1. The molecule has 9 heteroatoms. The fourth-order valence-corrected chi connectivity index (χ4v) is 5.16. The number of nitrogens with zero attached hydrogens (tertiary/aromatic N) is 5. The molecule has 0 amide bonds. The second-order valence-electron chi connectivity index (χ2n) is 8.67. The van der Waals surface area contributed by atoms with Gasteiger partial charge in [0.1, 0.15) is 11.6 Å². The van der Waals surface area contributed by atoms with Gasteiger partial charge in [-0.15, -0.1) is 21.5 Å². The summed E-state index contributed by atoms with van der Waals surface area (Å²) in [6.07, 6.45) is 4.09. The summed E-state index contributed by atoms with van der Waals surface area (Å²) in [6, 6.07) is 10.4. The van der Waals surface area contributed by atoms with Crippen molar-refractivity contribution in [1.82, 2.24) is 19.6 Å². The van der Waals surface area contributed by atoms with Crippen LogP contribution in [0.4, 0.5) is 11.5 Å². The minimum atomic E-state index is 0.323. The second-order valence-corrected chi connectivity index (χ2v) is 9.70. The zero-order chi connectivity index (χ0) is 23.3. The number of thiophene rings is 1. The van der Waals surface area contributed by atoms with Crippen molar-refractivity contribution in [1.29, 1.82) is 0 Å². The Morgan fingerprint density at radius 2 is 2.03 bits per heavy atom. The molecule has 1 saturated heterocycles. The monoisotopic (exact) mass is 478 g/mol. The normalized spacial score (nSPS) is 14.2. The molecule has 1 aliphatic rings. The molecular formula is C25H30N6O2S. The first-order chi connectivity index (χ1) is 16.7. The molecule has 1 aromatic carbocycles. The van der Waals surface area contributed by atoms with Crippen molar-refractivity contribution in [3.8, 4) is 0 Å². The number of aryl methyl sites for hydroxylation is 1. The summed E-state index contributed by atoms with van der Waals surface area (Å²) in [5.74, 6) is 1.91. The average molecular weight is 479 g/mol. The zero-order valence-electron chi connectivity index (χ0n) is 19.5. The Balaban J connectivity index is 1.22. The van der Waals surface area contributed by atoms with E-state index in [1.807, 2.05) is 24.4 Å². The first-order valence-corrected chi connectivity index (χ1v) is 12.8. The number of aromatic nitrogens is 4. The molecule has 3 aromatic heterocycles. The van der Waals surface area contributed by atoms with Crippen LogP contribution in [0.2, 0.25) is 0 Å². The zero-order valence-corrected chi connectivity index (χ0v) is 20.3. The van der Waals surface area contributed by atoms with E-state index in [4.69, 9.17) is 9.72 Å². The number of ketones is 1. The van der Waals surface area contributed by atoms with E-state index >= 15 is 0 Å². The fourth-order valence-electron chi connectivity index (χ4n) is 4.43. The third kappa shape index (κ3) is 5.05. The van der Waals surface area contributed by atoms with Crippen LogP contribution in [0.25, 0.3) is 16.7 Å². The molecule has 8 nitrogen and oxygen atoms in total. The fraction of sp³-hybridized carbons (Fsp3) is 0.440. The Morgan fingerprint density at radius 1 is 1.15 bits per heavy atom. The quantitative estimate of drug-likeness (QED) is 0.341. The lowest BCUT2D eigenvalue weighted by atomic mass is 10.1. The Bertz CT molecular complexity index is 1260. The van der Waals surface area contributed by atoms with Crippen molar-refractivity contribution < 1.29 is 9.53 Å². The minimum Gasteiger partial charge on any atom is -0.378 e. The molecule has 1 N–H and O–H groups in total. The molecule has 0 radical (unpaired) electrons. The van der Waals surface area contributed by atoms with Gasteiger partial charge in [-0.2, -0.15) is 0 Å². The highest BCUT2D eigenvalue weighted by atomic mass is 32.1. The van der Waals surface area contributed by atoms with E-state index in [2.05, 4.69) is 43.0 Å². The number of nitrogens with one attached hydrogen (secondary N) is 1. The molecule has 0 spiro atoms. The summed E-state index contributed by atoms with van der Waals surface area (Å²) < 4.78 is 7.56. The highest BCUT2D eigenvalue weighted by Gasteiger charge is 2.16. The Kier molecular flexibility index (Phi) is 7.01. The second kappa shape index (κ2) is 10.5. The number of ether oxygens (including phenoxy) is 1. The van der Waals surface area contributed by atoms with Gasteiger partial charge in [0.2, 0.25) is 5.65 Å². The Morgan fingerprint density at radius 3 is 2.85 bits per heavy atom. The molecule has 0 unspecified atom stereocenters. The van der Waals surface area contributed by atoms with E-state index in [9.17, 15) is 4.79 Å². The van der Waals surface area contributed by atoms with Gasteiger partial charge in [-0.25, -0.2) is 4.98 Å². The SMILES string of the molecule is Cc1nnc2c(NCCCCCC(=O)Cc3cccs3)nc3cc(N4CCOCC4)ccc3n12. The van der Waals surface area contributed by atoms with Crippen LogP contribution in [0, 0.1) is 6.92 Å². The van der Waals surface area contributed by atoms with Crippen molar-refractivity contribution in [3.63, 3.8) is 0 Å². The lowest BCUT2D eigenvalue weighted by molar-refractivity contribution is -0.118. The molecule has 5 rings (SSSR count). The van der Waals surface area contributed by atoms with E-state index in [0.717, 1.165) is 91.0 Å². The van der Waals surface area contributed by atoms with Crippen LogP contribution in [0.15, 0.2) is 35.7 Å². The number of carbonyl (C=O) groups excluding carboxylic acids is 1. The summed E-state index contributed by atoms with van der Waals surface area (Å²) in [4.78, 5) is 20.5. The molecule has 1 aliphatic heterocycles. The van der Waals surface area contributed by atoms with Crippen LogP contribution < -0.4 is 10.2 Å². The van der Waals surface area contributed by atoms with Gasteiger partial charge in [0.25, 0.3) is 0 Å². The summed E-state index contributed by atoms with van der Waals surface area (Å²) in [6.45, 7) is 6.03. The third-order valence-corrected chi connectivity index (χ3v) is 7.10. The molecule has 178 valence electrons. The summed E-state index contributed by atoms with van der Waals surface area (Å²) in [5.41, 5.74) is 3.83. The first kappa shape index (κ1) is 22.7. The van der Waals surface area contributed by atoms with Crippen LogP contribution in [-0.2, 0) is 16.0 Å². The van der Waals surface area contributed by atoms with Gasteiger partial charge in [-0.05, 0) is 49.4 Å². The van der Waals surface area contributed by atoms with Gasteiger partial charge in [-0.1, -0.05) is 12.5 Å². The van der Waals surface area contributed by atoms with E-state index in [1.54, 1.807) is 11.3 Å². The number of Topliss-reactive ketones (excluding diaryl/α,β-unsaturated/α-hetero) is 1. The van der Waals surface area contributed by atoms with Gasteiger partial charge >= 0.3 is 0 Å². The van der Waals surface area contributed by atoms with Gasteiger partial charge in [0.15, 0.2) is 5.82 Å². The van der Waals surface area contributed by atoms with Crippen LogP contribution in [0.5, 0.6) is 0 Å². The van der Waals surface area contributed by atoms with Crippen LogP contribution in [0.1, 0.15) is 36.4 Å². The maximum atomic E-state index is 12.1. The number of carbonyl (C=O) groups is 1. The van der Waals surface area contributed by atoms with Crippen molar-refractivity contribution in [2.75, 3.05) is 43.1 Å². The molecule has 0 atom stereocenters. The van der Waals surface area contributed by atoms with Crippen LogP contribution >= 0.6 is 11.3 Å². The highest BCUT2D eigenvalue weighted by molar-refractivity contribution is 7.10. The Labute approximate surface area is 203 Å². The van der Waals surface area contributed by atoms with Crippen molar-refractivity contribution >= 4 is 45.3 Å². The lowest BCUT2D eigenvalue weighted by Crippen LogP contribution is -2.36. The average Bonchev–Trinajstić information content (AvgIpc) is 3.51. The summed E-state index contributed by atoms with van der Waals surface area (Å²) in [7, 11) is 0.